The summed E-state index contributed by atoms with van der Waals surface area (Å²) in [6, 6.07) is 2.59. The zero-order valence-corrected chi connectivity index (χ0v) is 9.51. The second-order valence-electron chi connectivity index (χ2n) is 3.40. The molecule has 0 atom stereocenters. The smallest absolute Gasteiger partial charge is 0.276 e. The molecule has 0 unspecified atom stereocenters. The lowest BCUT2D eigenvalue weighted by molar-refractivity contribution is -0.384. The molecule has 0 radical (unpaired) electrons. The summed E-state index contributed by atoms with van der Waals surface area (Å²) in [5, 5.41) is 13.4. The number of anilines is 2. The van der Waals surface area contributed by atoms with Crippen LogP contribution in [-0.2, 0) is 4.79 Å². The molecule has 0 aliphatic heterocycles. The number of nitro groups is 1. The molecule has 0 fully saturated rings. The lowest BCUT2D eigenvalue weighted by atomic mass is 10.3. The number of hydrogen-bond acceptors (Lipinski definition) is 6. The molecule has 0 aliphatic rings. The molecule has 1 heterocycles. The Balaban J connectivity index is 3.10. The number of likely N-dealkylation sites (N-methyl/N-ethyl adjacent to an activating group) is 1. The van der Waals surface area contributed by atoms with Gasteiger partial charge in [-0.3, -0.25) is 14.9 Å². The van der Waals surface area contributed by atoms with E-state index in [2.05, 4.69) is 10.3 Å². The Morgan fingerprint density at radius 1 is 1.65 bits per heavy atom. The highest BCUT2D eigenvalue weighted by molar-refractivity contribution is 5.79. The first-order chi connectivity index (χ1) is 7.93. The number of hydrogen-bond donors (Lipinski definition) is 2. The summed E-state index contributed by atoms with van der Waals surface area (Å²) in [4.78, 5) is 26.5. The third-order valence-electron chi connectivity index (χ3n) is 2.05. The van der Waals surface area contributed by atoms with E-state index < -0.39 is 10.8 Å². The first-order valence-electron chi connectivity index (χ1n) is 4.77. The van der Waals surface area contributed by atoms with E-state index in [0.29, 0.717) is 11.6 Å². The van der Waals surface area contributed by atoms with Gasteiger partial charge in [-0.05, 0) is 0 Å². The minimum absolute atomic E-state index is 0.0582. The normalized spacial score (nSPS) is 9.76. The van der Waals surface area contributed by atoms with Crippen LogP contribution < -0.4 is 16.0 Å². The largest absolute Gasteiger partial charge is 0.373 e. The zero-order chi connectivity index (χ0) is 13.0. The van der Waals surface area contributed by atoms with Crippen molar-refractivity contribution in [1.82, 2.24) is 4.98 Å². The average molecular weight is 239 g/mol. The fourth-order valence-electron chi connectivity index (χ4n) is 1.25. The number of nitrogens with zero attached hydrogens (tertiary/aromatic N) is 3. The fraction of sp³-hybridized carbons (Fsp3) is 0.333. The molecule has 0 saturated carbocycles. The summed E-state index contributed by atoms with van der Waals surface area (Å²) in [7, 11) is 3.18. The third kappa shape index (κ3) is 3.30. The van der Waals surface area contributed by atoms with Crippen molar-refractivity contribution in [2.75, 3.05) is 30.9 Å². The van der Waals surface area contributed by atoms with Crippen LogP contribution >= 0.6 is 0 Å². The van der Waals surface area contributed by atoms with Crippen molar-refractivity contribution in [3.63, 3.8) is 0 Å². The molecule has 1 rings (SSSR count). The van der Waals surface area contributed by atoms with E-state index in [0.717, 1.165) is 0 Å². The van der Waals surface area contributed by atoms with E-state index in [4.69, 9.17) is 5.73 Å². The molecule has 8 heteroatoms. The van der Waals surface area contributed by atoms with Crippen LogP contribution in [-0.4, -0.2) is 36.5 Å². The van der Waals surface area contributed by atoms with Crippen molar-refractivity contribution in [2.24, 2.45) is 5.73 Å². The maximum absolute atomic E-state index is 10.8. The van der Waals surface area contributed by atoms with Gasteiger partial charge in [-0.1, -0.05) is 0 Å². The molecule has 17 heavy (non-hydrogen) atoms. The van der Waals surface area contributed by atoms with Gasteiger partial charge in [-0.15, -0.1) is 0 Å². The number of primary amides is 1. The van der Waals surface area contributed by atoms with Crippen LogP contribution in [0.1, 0.15) is 0 Å². The molecule has 0 saturated heterocycles. The third-order valence-corrected chi connectivity index (χ3v) is 2.05. The number of pyridine rings is 1. The van der Waals surface area contributed by atoms with Gasteiger partial charge < -0.3 is 16.0 Å². The van der Waals surface area contributed by atoms with Gasteiger partial charge in [0.25, 0.3) is 5.69 Å². The molecule has 1 amide bonds. The molecule has 0 aliphatic carbocycles. The number of amides is 1. The SMILES string of the molecule is CNc1cc([N+](=O)[O-])cc(N(C)CC(N)=O)n1. The van der Waals surface area contributed by atoms with E-state index in [1.807, 2.05) is 0 Å². The quantitative estimate of drug-likeness (QED) is 0.550. The molecule has 1 aromatic rings. The Morgan fingerprint density at radius 3 is 2.76 bits per heavy atom. The number of nitrogens with two attached hydrogens (primary N) is 1. The predicted octanol–water partition coefficient (Wildman–Crippen LogP) is -0.0470. The molecular weight excluding hydrogens is 226 g/mol. The maximum Gasteiger partial charge on any atom is 0.276 e. The second kappa shape index (κ2) is 5.10. The molecule has 1 aromatic heterocycles. The van der Waals surface area contributed by atoms with Gasteiger partial charge in [0.2, 0.25) is 5.91 Å². The summed E-state index contributed by atoms with van der Waals surface area (Å²) < 4.78 is 0. The Bertz CT molecular complexity index is 448. The van der Waals surface area contributed by atoms with Crippen LogP contribution in [0.4, 0.5) is 17.3 Å². The predicted molar refractivity (Wildman–Crippen MR) is 62.9 cm³/mol. The molecule has 0 aromatic carbocycles. The Kier molecular flexibility index (Phi) is 3.81. The molecule has 92 valence electrons. The van der Waals surface area contributed by atoms with Crippen LogP contribution in [0.3, 0.4) is 0 Å². The van der Waals surface area contributed by atoms with Gasteiger partial charge in [0.15, 0.2) is 0 Å². The van der Waals surface area contributed by atoms with Gasteiger partial charge in [-0.25, -0.2) is 4.98 Å². The summed E-state index contributed by atoms with van der Waals surface area (Å²) in [5.41, 5.74) is 4.94. The van der Waals surface area contributed by atoms with Crippen LogP contribution in [0.5, 0.6) is 0 Å². The first-order valence-corrected chi connectivity index (χ1v) is 4.77. The van der Waals surface area contributed by atoms with Gasteiger partial charge in [0.1, 0.15) is 11.6 Å². The Labute approximate surface area is 97.6 Å². The number of rotatable bonds is 5. The first kappa shape index (κ1) is 12.7. The highest BCUT2D eigenvalue weighted by Crippen LogP contribution is 2.22. The molecule has 8 nitrogen and oxygen atoms in total. The van der Waals surface area contributed by atoms with Crippen molar-refractivity contribution in [3.8, 4) is 0 Å². The standard InChI is InChI=1S/C9H13N5O3/c1-11-8-3-6(14(16)17)4-9(12-8)13(2)5-7(10)15/h3-4H,5H2,1-2H3,(H2,10,15)(H,11,12). The Hall–Kier alpha value is -2.38. The number of carbonyl (C=O) groups is 1. The van der Waals surface area contributed by atoms with E-state index in [9.17, 15) is 14.9 Å². The minimum Gasteiger partial charge on any atom is -0.373 e. The Morgan fingerprint density at radius 2 is 2.29 bits per heavy atom. The lowest BCUT2D eigenvalue weighted by Gasteiger charge is -2.16. The number of aromatic nitrogens is 1. The van der Waals surface area contributed by atoms with Crippen LogP contribution in [0.15, 0.2) is 12.1 Å². The number of carbonyl (C=O) groups excluding carboxylic acids is 1. The van der Waals surface area contributed by atoms with Crippen LogP contribution in [0, 0.1) is 10.1 Å². The molecule has 0 spiro atoms. The van der Waals surface area contributed by atoms with Crippen molar-refractivity contribution >= 4 is 23.2 Å². The van der Waals surface area contributed by atoms with Crippen LogP contribution in [0.2, 0.25) is 0 Å². The summed E-state index contributed by atoms with van der Waals surface area (Å²) in [6.45, 7) is -0.0582. The van der Waals surface area contributed by atoms with E-state index in [-0.39, 0.29) is 12.2 Å². The highest BCUT2D eigenvalue weighted by atomic mass is 16.6. The van der Waals surface area contributed by atoms with Crippen LogP contribution in [0.25, 0.3) is 0 Å². The topological polar surface area (TPSA) is 114 Å². The van der Waals surface area contributed by atoms with Gasteiger partial charge >= 0.3 is 0 Å². The summed E-state index contributed by atoms with van der Waals surface area (Å²) in [6.07, 6.45) is 0. The highest BCUT2D eigenvalue weighted by Gasteiger charge is 2.14. The monoisotopic (exact) mass is 239 g/mol. The second-order valence-corrected chi connectivity index (χ2v) is 3.40. The van der Waals surface area contributed by atoms with Crippen molar-refractivity contribution in [1.29, 1.82) is 0 Å². The van der Waals surface area contributed by atoms with Crippen molar-refractivity contribution in [2.45, 2.75) is 0 Å². The molecular formula is C9H13N5O3. The summed E-state index contributed by atoms with van der Waals surface area (Å²) >= 11 is 0. The van der Waals surface area contributed by atoms with Crippen molar-refractivity contribution < 1.29 is 9.72 Å². The average Bonchev–Trinajstić information content (AvgIpc) is 2.27. The zero-order valence-electron chi connectivity index (χ0n) is 9.51. The summed E-state index contributed by atoms with van der Waals surface area (Å²) in [5.74, 6) is 0.125. The van der Waals surface area contributed by atoms with E-state index in [1.54, 1.807) is 14.1 Å². The minimum atomic E-state index is -0.535. The fourth-order valence-corrected chi connectivity index (χ4v) is 1.25. The van der Waals surface area contributed by atoms with Gasteiger partial charge in [0.05, 0.1) is 23.6 Å². The van der Waals surface area contributed by atoms with Crippen molar-refractivity contribution in [3.05, 3.63) is 22.2 Å². The van der Waals surface area contributed by atoms with E-state index >= 15 is 0 Å². The maximum atomic E-state index is 10.8. The molecule has 0 bridgehead atoms. The number of nitrogens with one attached hydrogen (secondary N) is 1. The lowest BCUT2D eigenvalue weighted by Crippen LogP contribution is -2.31. The molecule has 3 N–H and O–H groups in total. The van der Waals surface area contributed by atoms with Gasteiger partial charge in [0, 0.05) is 14.1 Å². The van der Waals surface area contributed by atoms with Gasteiger partial charge in [-0.2, -0.15) is 0 Å². The van der Waals surface area contributed by atoms with E-state index in [1.165, 1.54) is 17.0 Å².